The van der Waals surface area contributed by atoms with E-state index in [4.69, 9.17) is 9.47 Å². The summed E-state index contributed by atoms with van der Waals surface area (Å²) in [5.74, 6) is -1.65. The molecule has 1 unspecified atom stereocenters. The molecule has 0 radical (unpaired) electrons. The van der Waals surface area contributed by atoms with Gasteiger partial charge in [0.2, 0.25) is 0 Å². The van der Waals surface area contributed by atoms with Crippen LogP contribution in [-0.2, 0) is 17.8 Å². The van der Waals surface area contributed by atoms with E-state index in [-0.39, 0.29) is 23.5 Å². The average molecular weight is 490 g/mol. The second-order valence-electron chi connectivity index (χ2n) is 7.53. The highest BCUT2D eigenvalue weighted by Gasteiger charge is 2.23. The highest BCUT2D eigenvalue weighted by atomic mass is 31.0. The molecule has 0 aliphatic rings. The molecule has 1 heterocycles. The van der Waals surface area contributed by atoms with E-state index in [9.17, 15) is 14.7 Å². The minimum Gasteiger partial charge on any atom is -0.486 e. The predicted octanol–water partition coefficient (Wildman–Crippen LogP) is 5.42. The number of pyridine rings is 1. The molecular weight excluding hydrogens is 461 g/mol. The van der Waals surface area contributed by atoms with Gasteiger partial charge in [-0.3, -0.25) is 4.98 Å². The second kappa shape index (κ2) is 12.1. The van der Waals surface area contributed by atoms with Crippen molar-refractivity contribution in [2.24, 2.45) is 0 Å². The number of carboxylic acids is 1. The van der Waals surface area contributed by atoms with E-state index in [0.29, 0.717) is 17.3 Å². The zero-order valence-electron chi connectivity index (χ0n) is 19.9. The first-order chi connectivity index (χ1) is 17.0. The Morgan fingerprint density at radius 2 is 1.60 bits per heavy atom. The summed E-state index contributed by atoms with van der Waals surface area (Å²) in [6.07, 6.45) is 2.27. The lowest BCUT2D eigenvalue weighted by atomic mass is 9.99. The summed E-state index contributed by atoms with van der Waals surface area (Å²) in [6.45, 7) is 4.19. The fourth-order valence-electron chi connectivity index (χ4n) is 3.59. The van der Waals surface area contributed by atoms with Crippen molar-refractivity contribution in [1.82, 2.24) is 4.98 Å². The molecule has 0 aliphatic carbocycles. The second-order valence-corrected chi connectivity index (χ2v) is 8.20. The van der Waals surface area contributed by atoms with Crippen LogP contribution in [0.2, 0.25) is 0 Å². The molecule has 0 fully saturated rings. The minimum absolute atomic E-state index is 0.0228. The Kier molecular flexibility index (Phi) is 8.93. The van der Waals surface area contributed by atoms with Gasteiger partial charge in [0.1, 0.15) is 17.7 Å². The fourth-order valence-corrected chi connectivity index (χ4v) is 3.78. The number of hydrogen-bond acceptors (Lipinski definition) is 5. The first-order valence-electron chi connectivity index (χ1n) is 11.2. The summed E-state index contributed by atoms with van der Waals surface area (Å²) in [4.78, 5) is 29.1. The Morgan fingerprint density at radius 3 is 2.23 bits per heavy atom. The van der Waals surface area contributed by atoms with Gasteiger partial charge < -0.3 is 14.6 Å². The van der Waals surface area contributed by atoms with Crippen LogP contribution < -0.4 is 10.0 Å². The van der Waals surface area contributed by atoms with Gasteiger partial charge >= 0.3 is 11.9 Å². The number of aromatic carboxylic acids is 1. The summed E-state index contributed by atoms with van der Waals surface area (Å²) in [5, 5.41) is 11.3. The Bertz CT molecular complexity index is 1320. The molecule has 4 rings (SSSR count). The van der Waals surface area contributed by atoms with Crippen LogP contribution in [0.5, 0.6) is 5.75 Å². The molecule has 4 aromatic rings. The van der Waals surface area contributed by atoms with Crippen LogP contribution in [0.1, 0.15) is 51.3 Å². The lowest BCUT2D eigenvalue weighted by molar-refractivity contribution is 0.0596. The zero-order chi connectivity index (χ0) is 25.4. The predicted molar refractivity (Wildman–Crippen MR) is 141 cm³/mol. The Hall–Kier alpha value is -3.76. The number of ether oxygens (including phenoxy) is 2. The number of carbonyl (C=O) groups excluding carboxylic acids is 1. The molecule has 3 aromatic carbocycles. The Morgan fingerprint density at radius 1 is 0.914 bits per heavy atom. The van der Waals surface area contributed by atoms with Crippen molar-refractivity contribution < 1.29 is 24.2 Å². The fraction of sp³-hybridized carbons (Fsp3) is 0.179. The van der Waals surface area contributed by atoms with Gasteiger partial charge in [0.25, 0.3) is 0 Å². The average Bonchev–Trinajstić information content (AvgIpc) is 2.89. The van der Waals surface area contributed by atoms with Crippen molar-refractivity contribution in [3.8, 4) is 5.75 Å². The molecule has 35 heavy (non-hydrogen) atoms. The number of esters is 1. The largest absolute Gasteiger partial charge is 0.486 e. The molecule has 1 N–H and O–H groups in total. The molecule has 0 aliphatic heterocycles. The third kappa shape index (κ3) is 6.23. The van der Waals surface area contributed by atoms with E-state index in [1.807, 2.05) is 68.4 Å². The van der Waals surface area contributed by atoms with E-state index in [1.165, 1.54) is 13.2 Å². The number of aromatic nitrogens is 1. The summed E-state index contributed by atoms with van der Waals surface area (Å²) in [6, 6.07) is 20.6. The highest BCUT2D eigenvalue weighted by molar-refractivity contribution is 7.27. The number of rotatable bonds is 7. The third-order valence-corrected chi connectivity index (χ3v) is 5.62. The van der Waals surface area contributed by atoms with E-state index in [2.05, 4.69) is 14.2 Å². The van der Waals surface area contributed by atoms with E-state index >= 15 is 0 Å². The van der Waals surface area contributed by atoms with Crippen LogP contribution >= 0.6 is 9.24 Å². The van der Waals surface area contributed by atoms with Gasteiger partial charge in [-0.1, -0.05) is 68.4 Å². The lowest BCUT2D eigenvalue weighted by Crippen LogP contribution is -2.10. The summed E-state index contributed by atoms with van der Waals surface area (Å²) in [5.41, 5.74) is 3.11. The smallest absolute Gasteiger partial charge is 0.341 e. The molecule has 0 bridgehead atoms. The Balaban J connectivity index is 0.00000167. The number of hydrogen-bond donors (Lipinski definition) is 1. The first kappa shape index (κ1) is 25.9. The summed E-state index contributed by atoms with van der Waals surface area (Å²) < 4.78 is 10.9. The zero-order valence-corrected chi connectivity index (χ0v) is 21.1. The number of carboxylic acid groups (broad SMARTS) is 1. The molecule has 0 saturated carbocycles. The minimum atomic E-state index is -1.16. The van der Waals surface area contributed by atoms with Crippen molar-refractivity contribution in [2.75, 3.05) is 7.11 Å². The van der Waals surface area contributed by atoms with E-state index < -0.39 is 11.9 Å². The maximum Gasteiger partial charge on any atom is 0.341 e. The number of fused-ring (bicyclic) bond motifs is 1. The summed E-state index contributed by atoms with van der Waals surface area (Å²) >= 11 is 0. The number of methoxy groups -OCH3 is 1. The van der Waals surface area contributed by atoms with E-state index in [1.54, 1.807) is 12.3 Å². The molecular formula is C28H28NO5P. The standard InChI is InChI=1S/C26H22NO5P.C2H6/c1-31-26(30)22-13-21(25(28)29)20-12-18(11-16-7-9-19(33)10-8-16)14-27-23(20)24(22)32-15-17-5-3-2-4-6-17;1-2/h2-10,12-14H,11,15,33H2,1H3,(H,28,29);1-2H3. The lowest BCUT2D eigenvalue weighted by Gasteiger charge is -2.15. The van der Waals surface area contributed by atoms with Gasteiger partial charge in [0.15, 0.2) is 5.75 Å². The van der Waals surface area contributed by atoms with Crippen LogP contribution in [0.25, 0.3) is 10.9 Å². The van der Waals surface area contributed by atoms with Crippen LogP contribution in [0, 0.1) is 0 Å². The van der Waals surface area contributed by atoms with Crippen LogP contribution in [-0.4, -0.2) is 29.1 Å². The van der Waals surface area contributed by atoms with Crippen LogP contribution in [0.3, 0.4) is 0 Å². The van der Waals surface area contributed by atoms with Gasteiger partial charge in [-0.15, -0.1) is 9.24 Å². The molecule has 1 aromatic heterocycles. The van der Waals surface area contributed by atoms with Gasteiger partial charge in [-0.25, -0.2) is 9.59 Å². The van der Waals surface area contributed by atoms with Gasteiger partial charge in [-0.05, 0) is 40.5 Å². The van der Waals surface area contributed by atoms with Gasteiger partial charge in [0, 0.05) is 11.6 Å². The van der Waals surface area contributed by atoms with Crippen LogP contribution in [0.15, 0.2) is 72.9 Å². The normalized spacial score (nSPS) is 10.3. The molecule has 0 amide bonds. The molecule has 7 heteroatoms. The SMILES string of the molecule is CC.COC(=O)c1cc(C(=O)O)c2cc(Cc3ccc(P)cc3)cnc2c1OCc1ccccc1. The summed E-state index contributed by atoms with van der Waals surface area (Å²) in [7, 11) is 3.89. The number of carbonyl (C=O) groups is 2. The van der Waals surface area contributed by atoms with E-state index in [0.717, 1.165) is 22.0 Å². The molecule has 180 valence electrons. The monoisotopic (exact) mass is 489 g/mol. The maximum absolute atomic E-state index is 12.5. The molecule has 0 spiro atoms. The maximum atomic E-state index is 12.5. The molecule has 1 atom stereocenters. The Labute approximate surface area is 207 Å². The van der Waals surface area contributed by atoms with Crippen LogP contribution in [0.4, 0.5) is 0 Å². The van der Waals surface area contributed by atoms with Crippen molar-refractivity contribution in [1.29, 1.82) is 0 Å². The van der Waals surface area contributed by atoms with Crippen molar-refractivity contribution in [3.05, 3.63) is 101 Å². The third-order valence-electron chi connectivity index (χ3n) is 5.23. The highest BCUT2D eigenvalue weighted by Crippen LogP contribution is 2.33. The van der Waals surface area contributed by atoms with Gasteiger partial charge in [-0.2, -0.15) is 0 Å². The van der Waals surface area contributed by atoms with Crippen molar-refractivity contribution in [2.45, 2.75) is 26.9 Å². The molecule has 0 saturated heterocycles. The quantitative estimate of drug-likeness (QED) is 0.276. The number of nitrogens with zero attached hydrogens (tertiary/aromatic N) is 1. The molecule has 6 nitrogen and oxygen atoms in total. The van der Waals surface area contributed by atoms with Crippen molar-refractivity contribution in [3.63, 3.8) is 0 Å². The topological polar surface area (TPSA) is 85.7 Å². The number of benzene rings is 3. The first-order valence-corrected chi connectivity index (χ1v) is 11.8. The van der Waals surface area contributed by atoms with Crippen molar-refractivity contribution >= 4 is 37.4 Å². The van der Waals surface area contributed by atoms with Gasteiger partial charge in [0.05, 0.1) is 12.7 Å².